The highest BCUT2D eigenvalue weighted by molar-refractivity contribution is 5.69. The Hall–Kier alpha value is -1.76. The maximum Gasteiger partial charge on any atom is 0.0340 e. The van der Waals surface area contributed by atoms with Crippen molar-refractivity contribution in [1.29, 1.82) is 0 Å². The molecule has 0 amide bonds. The van der Waals surface area contributed by atoms with E-state index >= 15 is 0 Å². The maximum atomic E-state index is 3.54. The van der Waals surface area contributed by atoms with Crippen LogP contribution < -0.4 is 5.32 Å². The van der Waals surface area contributed by atoms with Crippen LogP contribution in [0.4, 0.5) is 5.69 Å². The average molecular weight is 502 g/mol. The third-order valence-corrected chi connectivity index (χ3v) is 10.3. The number of unbranched alkanes of at least 4 members (excludes halogenated alkanes) is 3. The van der Waals surface area contributed by atoms with E-state index in [-0.39, 0.29) is 0 Å². The zero-order chi connectivity index (χ0) is 26.1. The molecular formula is C36H55N. The minimum Gasteiger partial charge on any atom is -0.385 e. The number of benzene rings is 2. The van der Waals surface area contributed by atoms with Gasteiger partial charge in [-0.1, -0.05) is 96.0 Å². The standard InChI is InChI=1S/C36H55N/c1-5-7-10-23-36(24-11-9-12-25-36)33-18-13-30(14-19-33)29(4)32-17-22-35(28(3)27-32)31-15-20-34(21-16-31)37-26-8-6-2/h15-17,20-22,27,29-30,33,37H,5-14,18-19,23-26H2,1-4H3. The summed E-state index contributed by atoms with van der Waals surface area (Å²) in [4.78, 5) is 0. The van der Waals surface area contributed by atoms with Crippen molar-refractivity contribution in [3.05, 3.63) is 53.6 Å². The summed E-state index contributed by atoms with van der Waals surface area (Å²) in [7, 11) is 0. The van der Waals surface area contributed by atoms with Gasteiger partial charge >= 0.3 is 0 Å². The first kappa shape index (κ1) is 28.3. The lowest BCUT2D eigenvalue weighted by Crippen LogP contribution is -2.36. The monoisotopic (exact) mass is 501 g/mol. The Kier molecular flexibility index (Phi) is 10.6. The van der Waals surface area contributed by atoms with Crippen molar-refractivity contribution in [2.24, 2.45) is 17.3 Å². The Bertz CT molecular complexity index is 928. The summed E-state index contributed by atoms with van der Waals surface area (Å²) in [6, 6.07) is 16.3. The van der Waals surface area contributed by atoms with E-state index in [0.717, 1.165) is 18.4 Å². The van der Waals surface area contributed by atoms with E-state index in [2.05, 4.69) is 75.5 Å². The molecule has 0 bridgehead atoms. The molecule has 2 saturated carbocycles. The minimum atomic E-state index is 0.668. The van der Waals surface area contributed by atoms with E-state index in [4.69, 9.17) is 0 Å². The van der Waals surface area contributed by atoms with Crippen molar-refractivity contribution >= 4 is 5.69 Å². The number of nitrogens with one attached hydrogen (secondary N) is 1. The van der Waals surface area contributed by atoms with Crippen molar-refractivity contribution < 1.29 is 0 Å². The first-order valence-corrected chi connectivity index (χ1v) is 16.0. The molecule has 0 aromatic heterocycles. The van der Waals surface area contributed by atoms with Crippen LogP contribution in [0.1, 0.15) is 134 Å². The Morgan fingerprint density at radius 2 is 1.54 bits per heavy atom. The largest absolute Gasteiger partial charge is 0.385 e. The molecule has 2 aromatic rings. The van der Waals surface area contributed by atoms with E-state index in [1.807, 2.05) is 0 Å². The van der Waals surface area contributed by atoms with Crippen molar-refractivity contribution in [2.45, 2.75) is 130 Å². The molecule has 0 aliphatic heterocycles. The second-order valence-electron chi connectivity index (χ2n) is 12.7. The summed E-state index contributed by atoms with van der Waals surface area (Å²) >= 11 is 0. The van der Waals surface area contributed by atoms with Gasteiger partial charge in [0, 0.05) is 12.2 Å². The fourth-order valence-electron chi connectivity index (χ4n) is 7.82. The van der Waals surface area contributed by atoms with Crippen LogP contribution in [-0.4, -0.2) is 6.54 Å². The van der Waals surface area contributed by atoms with E-state index in [1.165, 1.54) is 119 Å². The topological polar surface area (TPSA) is 12.0 Å². The summed E-state index contributed by atoms with van der Waals surface area (Å²) in [6.45, 7) is 10.5. The van der Waals surface area contributed by atoms with Crippen LogP contribution in [0.5, 0.6) is 0 Å². The van der Waals surface area contributed by atoms with Crippen LogP contribution in [0.15, 0.2) is 42.5 Å². The smallest absolute Gasteiger partial charge is 0.0340 e. The molecule has 1 atom stereocenters. The molecule has 37 heavy (non-hydrogen) atoms. The number of hydrogen-bond donors (Lipinski definition) is 1. The molecular weight excluding hydrogens is 446 g/mol. The molecule has 2 aromatic carbocycles. The quantitative estimate of drug-likeness (QED) is 0.285. The molecule has 2 aliphatic carbocycles. The van der Waals surface area contributed by atoms with E-state index < -0.39 is 0 Å². The van der Waals surface area contributed by atoms with Gasteiger partial charge in [-0.25, -0.2) is 0 Å². The predicted octanol–water partition coefficient (Wildman–Crippen LogP) is 11.3. The van der Waals surface area contributed by atoms with Gasteiger partial charge in [0.15, 0.2) is 0 Å². The number of aryl methyl sites for hydroxylation is 1. The van der Waals surface area contributed by atoms with Gasteiger partial charge in [-0.2, -0.15) is 0 Å². The van der Waals surface area contributed by atoms with Crippen LogP contribution in [0.25, 0.3) is 11.1 Å². The predicted molar refractivity (Wildman–Crippen MR) is 164 cm³/mol. The van der Waals surface area contributed by atoms with Crippen LogP contribution in [0, 0.1) is 24.2 Å². The van der Waals surface area contributed by atoms with Crippen LogP contribution in [0.3, 0.4) is 0 Å². The van der Waals surface area contributed by atoms with Gasteiger partial charge in [-0.15, -0.1) is 0 Å². The van der Waals surface area contributed by atoms with E-state index in [0.29, 0.717) is 11.3 Å². The lowest BCUT2D eigenvalue weighted by atomic mass is 9.58. The molecule has 1 nitrogen and oxygen atoms in total. The number of anilines is 1. The van der Waals surface area contributed by atoms with Crippen LogP contribution >= 0.6 is 0 Å². The molecule has 2 fully saturated rings. The highest BCUT2D eigenvalue weighted by atomic mass is 14.9. The van der Waals surface area contributed by atoms with Gasteiger partial charge in [0.2, 0.25) is 0 Å². The van der Waals surface area contributed by atoms with Crippen molar-refractivity contribution in [3.8, 4) is 11.1 Å². The van der Waals surface area contributed by atoms with Gasteiger partial charge < -0.3 is 5.32 Å². The Balaban J connectivity index is 1.36. The van der Waals surface area contributed by atoms with E-state index in [1.54, 1.807) is 5.56 Å². The molecule has 1 heteroatoms. The fourth-order valence-corrected chi connectivity index (χ4v) is 7.82. The number of hydrogen-bond acceptors (Lipinski definition) is 1. The third kappa shape index (κ3) is 7.21. The maximum absolute atomic E-state index is 3.54. The fraction of sp³-hybridized carbons (Fsp3) is 0.667. The third-order valence-electron chi connectivity index (χ3n) is 10.3. The van der Waals surface area contributed by atoms with Gasteiger partial charge in [-0.3, -0.25) is 0 Å². The van der Waals surface area contributed by atoms with Crippen molar-refractivity contribution in [3.63, 3.8) is 0 Å². The molecule has 1 unspecified atom stereocenters. The van der Waals surface area contributed by atoms with Gasteiger partial charge in [0.05, 0.1) is 0 Å². The van der Waals surface area contributed by atoms with Crippen molar-refractivity contribution in [1.82, 2.24) is 0 Å². The molecule has 2 aliphatic rings. The van der Waals surface area contributed by atoms with Gasteiger partial charge in [-0.05, 0) is 116 Å². The summed E-state index contributed by atoms with van der Waals surface area (Å²) in [5.41, 5.74) is 7.61. The average Bonchev–Trinajstić information content (AvgIpc) is 2.94. The summed E-state index contributed by atoms with van der Waals surface area (Å²) in [5, 5.41) is 3.54. The molecule has 0 saturated heterocycles. The first-order chi connectivity index (χ1) is 18.1. The summed E-state index contributed by atoms with van der Waals surface area (Å²) in [5.74, 6) is 2.52. The van der Waals surface area contributed by atoms with Gasteiger partial charge in [0.25, 0.3) is 0 Å². The first-order valence-electron chi connectivity index (χ1n) is 16.0. The molecule has 4 rings (SSSR count). The Morgan fingerprint density at radius 1 is 0.838 bits per heavy atom. The molecule has 0 heterocycles. The SMILES string of the molecule is CCCCCC1(C2CCC(C(C)c3ccc(-c4ccc(NCCCC)cc4)c(C)c3)CC2)CCCCC1. The minimum absolute atomic E-state index is 0.668. The number of rotatable bonds is 12. The van der Waals surface area contributed by atoms with E-state index in [9.17, 15) is 0 Å². The molecule has 1 N–H and O–H groups in total. The highest BCUT2D eigenvalue weighted by Crippen LogP contribution is 2.53. The van der Waals surface area contributed by atoms with Crippen molar-refractivity contribution in [2.75, 3.05) is 11.9 Å². The second-order valence-corrected chi connectivity index (χ2v) is 12.7. The molecule has 0 spiro atoms. The highest BCUT2D eigenvalue weighted by Gasteiger charge is 2.41. The zero-order valence-electron chi connectivity index (χ0n) is 24.6. The van der Waals surface area contributed by atoms with Crippen LogP contribution in [0.2, 0.25) is 0 Å². The Morgan fingerprint density at radius 3 is 2.19 bits per heavy atom. The summed E-state index contributed by atoms with van der Waals surface area (Å²) in [6.07, 6.45) is 21.6. The summed E-state index contributed by atoms with van der Waals surface area (Å²) < 4.78 is 0. The second kappa shape index (κ2) is 13.9. The zero-order valence-corrected chi connectivity index (χ0v) is 24.6. The van der Waals surface area contributed by atoms with Crippen LogP contribution in [-0.2, 0) is 0 Å². The van der Waals surface area contributed by atoms with Gasteiger partial charge in [0.1, 0.15) is 0 Å². The lowest BCUT2D eigenvalue weighted by molar-refractivity contribution is 0.0409. The Labute approximate surface area is 229 Å². The lowest BCUT2D eigenvalue weighted by Gasteiger charge is -2.47. The molecule has 204 valence electrons. The molecule has 0 radical (unpaired) electrons. The normalized spacial score (nSPS) is 22.5.